The molecule has 67 heavy (non-hydrogen) atoms. The van der Waals surface area contributed by atoms with Crippen molar-refractivity contribution in [3.8, 4) is 0 Å². The lowest BCUT2D eigenvalue weighted by Gasteiger charge is -2.18. The fraction of sp³-hybridized carbons (Fsp3) is 0.689. The molecule has 382 valence electrons. The lowest BCUT2D eigenvalue weighted by molar-refractivity contribution is -0.167. The second-order valence-electron chi connectivity index (χ2n) is 18.3. The van der Waals surface area contributed by atoms with Crippen LogP contribution in [0.4, 0.5) is 0 Å². The Hall–Kier alpha value is -3.67. The molecule has 0 rings (SSSR count). The second kappa shape index (κ2) is 54.9. The molecule has 0 aliphatic heterocycles. The largest absolute Gasteiger partial charge is 0.462 e. The Labute approximate surface area is 413 Å². The van der Waals surface area contributed by atoms with Crippen molar-refractivity contribution in [2.45, 2.75) is 258 Å². The molecule has 1 unspecified atom stereocenters. The van der Waals surface area contributed by atoms with Crippen molar-refractivity contribution in [1.82, 2.24) is 0 Å². The van der Waals surface area contributed by atoms with Crippen molar-refractivity contribution < 1.29 is 28.6 Å². The summed E-state index contributed by atoms with van der Waals surface area (Å²) in [5.41, 5.74) is 0. The Morgan fingerprint density at radius 1 is 0.299 bits per heavy atom. The third-order valence-electron chi connectivity index (χ3n) is 11.7. The average Bonchev–Trinajstić information content (AvgIpc) is 3.33. The van der Waals surface area contributed by atoms with Crippen molar-refractivity contribution in [3.63, 3.8) is 0 Å². The molecule has 0 bridgehead atoms. The van der Waals surface area contributed by atoms with Crippen LogP contribution in [0, 0.1) is 0 Å². The molecule has 0 radical (unpaired) electrons. The summed E-state index contributed by atoms with van der Waals surface area (Å²) in [4.78, 5) is 38.1. The molecule has 0 heterocycles. The predicted octanol–water partition coefficient (Wildman–Crippen LogP) is 18.5. The van der Waals surface area contributed by atoms with Crippen LogP contribution in [0.1, 0.15) is 252 Å². The molecule has 1 atom stereocenters. The lowest BCUT2D eigenvalue weighted by atomic mass is 10.1. The summed E-state index contributed by atoms with van der Waals surface area (Å²) in [6.07, 6.45) is 72.4. The standard InChI is InChI=1S/C61H102O6/c1-4-7-10-13-16-19-22-25-28-30-31-34-36-39-42-45-48-51-54-60(63)66-57-58(56-65-59(62)53-50-47-44-41-38-35-32-27-24-21-18-15-12-9-6-3)67-61(64)55-52-49-46-43-40-37-33-29-26-23-20-17-14-11-8-5-2/h10,13,16,19,21-22,24-25,28-31,33-34,37,40,58H,4-9,11-12,14-15,17-18,20,23,26-27,32,35-36,38-39,41-57H2,1-3H3/b13-10-,19-16-,24-21-,25-22-,30-28-,33-29-,34-31-,40-37-. The number of unbranched alkanes of at least 4 members (excludes halogenated alkanes) is 27. The van der Waals surface area contributed by atoms with Gasteiger partial charge in [0.15, 0.2) is 6.10 Å². The number of allylic oxidation sites excluding steroid dienone is 16. The van der Waals surface area contributed by atoms with Gasteiger partial charge in [-0.3, -0.25) is 14.4 Å². The third kappa shape index (κ3) is 53.2. The highest BCUT2D eigenvalue weighted by Crippen LogP contribution is 2.14. The molecule has 0 aliphatic rings. The van der Waals surface area contributed by atoms with Gasteiger partial charge in [0.1, 0.15) is 13.2 Å². The molecule has 0 aliphatic carbocycles. The van der Waals surface area contributed by atoms with Crippen LogP contribution in [0.5, 0.6) is 0 Å². The van der Waals surface area contributed by atoms with Crippen molar-refractivity contribution in [3.05, 3.63) is 97.2 Å². The van der Waals surface area contributed by atoms with Crippen LogP contribution < -0.4 is 0 Å². The van der Waals surface area contributed by atoms with Crippen LogP contribution in [0.25, 0.3) is 0 Å². The van der Waals surface area contributed by atoms with Gasteiger partial charge in [0, 0.05) is 19.3 Å². The van der Waals surface area contributed by atoms with E-state index < -0.39 is 6.10 Å². The molecule has 0 aromatic carbocycles. The number of carbonyl (C=O) groups excluding carboxylic acids is 3. The zero-order valence-corrected chi connectivity index (χ0v) is 43.6. The van der Waals surface area contributed by atoms with Crippen molar-refractivity contribution in [1.29, 1.82) is 0 Å². The number of hydrogen-bond acceptors (Lipinski definition) is 6. The Balaban J connectivity index is 4.50. The van der Waals surface area contributed by atoms with E-state index in [1.54, 1.807) is 0 Å². The maximum absolute atomic E-state index is 12.8. The summed E-state index contributed by atoms with van der Waals surface area (Å²) >= 11 is 0. The topological polar surface area (TPSA) is 78.9 Å². The number of hydrogen-bond donors (Lipinski definition) is 0. The molecule has 0 aromatic rings. The Kier molecular flexibility index (Phi) is 51.9. The van der Waals surface area contributed by atoms with Gasteiger partial charge in [-0.15, -0.1) is 0 Å². The predicted molar refractivity (Wildman–Crippen MR) is 288 cm³/mol. The van der Waals surface area contributed by atoms with Crippen molar-refractivity contribution in [2.24, 2.45) is 0 Å². The Morgan fingerprint density at radius 3 is 0.985 bits per heavy atom. The van der Waals surface area contributed by atoms with Gasteiger partial charge in [-0.1, -0.05) is 240 Å². The van der Waals surface area contributed by atoms with Gasteiger partial charge in [-0.05, 0) is 89.9 Å². The zero-order valence-electron chi connectivity index (χ0n) is 43.6. The van der Waals surface area contributed by atoms with E-state index in [1.807, 2.05) is 24.3 Å². The van der Waals surface area contributed by atoms with E-state index in [9.17, 15) is 14.4 Å². The SMILES string of the molecule is CCC\C=C/C=C\C=C/C=C\C=C/CCCCCCCC(=O)OCC(COC(=O)CCCCCCCCC/C=C\CCCCCC)OC(=O)CCCCC/C=C\C=C/CCCCCCCCC. The van der Waals surface area contributed by atoms with E-state index >= 15 is 0 Å². The maximum Gasteiger partial charge on any atom is 0.306 e. The van der Waals surface area contributed by atoms with Crippen LogP contribution in [0.2, 0.25) is 0 Å². The van der Waals surface area contributed by atoms with E-state index in [1.165, 1.54) is 116 Å². The van der Waals surface area contributed by atoms with Crippen LogP contribution >= 0.6 is 0 Å². The van der Waals surface area contributed by atoms with Crippen LogP contribution in [0.15, 0.2) is 97.2 Å². The molecule has 0 amide bonds. The zero-order chi connectivity index (χ0) is 48.6. The quantitative estimate of drug-likeness (QED) is 0.0199. The lowest BCUT2D eigenvalue weighted by Crippen LogP contribution is -2.30. The first kappa shape index (κ1) is 63.3. The summed E-state index contributed by atoms with van der Waals surface area (Å²) in [6.45, 7) is 6.49. The molecule has 0 fully saturated rings. The van der Waals surface area contributed by atoms with E-state index in [4.69, 9.17) is 14.2 Å². The highest BCUT2D eigenvalue weighted by Gasteiger charge is 2.19. The van der Waals surface area contributed by atoms with E-state index in [2.05, 4.69) is 93.7 Å². The van der Waals surface area contributed by atoms with Gasteiger partial charge in [-0.25, -0.2) is 0 Å². The Morgan fingerprint density at radius 2 is 0.582 bits per heavy atom. The molecular formula is C61H102O6. The minimum Gasteiger partial charge on any atom is -0.462 e. The smallest absolute Gasteiger partial charge is 0.306 e. The van der Waals surface area contributed by atoms with Gasteiger partial charge in [-0.2, -0.15) is 0 Å². The summed E-state index contributed by atoms with van der Waals surface area (Å²) in [7, 11) is 0. The molecule has 0 saturated heterocycles. The summed E-state index contributed by atoms with van der Waals surface area (Å²) in [5.74, 6) is -0.955. The van der Waals surface area contributed by atoms with Gasteiger partial charge in [0.2, 0.25) is 0 Å². The van der Waals surface area contributed by atoms with E-state index in [0.29, 0.717) is 12.8 Å². The van der Waals surface area contributed by atoms with Crippen molar-refractivity contribution >= 4 is 17.9 Å². The second-order valence-corrected chi connectivity index (χ2v) is 18.3. The first-order valence-corrected chi connectivity index (χ1v) is 27.8. The summed E-state index contributed by atoms with van der Waals surface area (Å²) in [6, 6.07) is 0. The van der Waals surface area contributed by atoms with Gasteiger partial charge in [0.25, 0.3) is 0 Å². The molecular weight excluding hydrogens is 829 g/mol. The van der Waals surface area contributed by atoms with E-state index in [0.717, 1.165) is 96.3 Å². The summed E-state index contributed by atoms with van der Waals surface area (Å²) in [5, 5.41) is 0. The number of ether oxygens (including phenoxy) is 3. The maximum atomic E-state index is 12.8. The highest BCUT2D eigenvalue weighted by molar-refractivity contribution is 5.71. The number of carbonyl (C=O) groups is 3. The average molecular weight is 931 g/mol. The minimum atomic E-state index is -0.805. The number of rotatable bonds is 49. The molecule has 0 saturated carbocycles. The normalized spacial score (nSPS) is 12.8. The van der Waals surface area contributed by atoms with Gasteiger partial charge >= 0.3 is 17.9 Å². The molecule has 0 N–H and O–H groups in total. The fourth-order valence-electron chi connectivity index (χ4n) is 7.46. The van der Waals surface area contributed by atoms with Crippen LogP contribution in [-0.4, -0.2) is 37.2 Å². The molecule has 6 heteroatoms. The van der Waals surface area contributed by atoms with Crippen LogP contribution in [0.3, 0.4) is 0 Å². The first-order valence-electron chi connectivity index (χ1n) is 27.8. The van der Waals surface area contributed by atoms with Crippen LogP contribution in [-0.2, 0) is 28.6 Å². The molecule has 0 aromatic heterocycles. The first-order chi connectivity index (χ1) is 33.0. The molecule has 0 spiro atoms. The van der Waals surface area contributed by atoms with Crippen molar-refractivity contribution in [2.75, 3.05) is 13.2 Å². The van der Waals surface area contributed by atoms with E-state index in [-0.39, 0.29) is 37.5 Å². The minimum absolute atomic E-state index is 0.0996. The monoisotopic (exact) mass is 931 g/mol. The number of esters is 3. The Bertz CT molecular complexity index is 1350. The highest BCUT2D eigenvalue weighted by atomic mass is 16.6. The summed E-state index contributed by atoms with van der Waals surface area (Å²) < 4.78 is 16.8. The third-order valence-corrected chi connectivity index (χ3v) is 11.7. The molecule has 6 nitrogen and oxygen atoms in total. The fourth-order valence-corrected chi connectivity index (χ4v) is 7.46. The van der Waals surface area contributed by atoms with Gasteiger partial charge in [0.05, 0.1) is 0 Å². The van der Waals surface area contributed by atoms with Gasteiger partial charge < -0.3 is 14.2 Å².